The average molecular weight is 263 g/mol. The first-order chi connectivity index (χ1) is 8.59. The smallest absolute Gasteiger partial charge is 0.307 e. The summed E-state index contributed by atoms with van der Waals surface area (Å²) < 4.78 is 1.53. The van der Waals surface area contributed by atoms with E-state index in [2.05, 4.69) is 0 Å². The van der Waals surface area contributed by atoms with Crippen LogP contribution in [0.4, 0.5) is 0 Å². The van der Waals surface area contributed by atoms with Crippen LogP contribution in [-0.2, 0) is 11.3 Å². The summed E-state index contributed by atoms with van der Waals surface area (Å²) >= 11 is 1.16. The number of hydrogen-bond acceptors (Lipinski definition) is 3. The Labute approximate surface area is 108 Å². The van der Waals surface area contributed by atoms with Crippen molar-refractivity contribution in [1.82, 2.24) is 4.57 Å². The highest BCUT2D eigenvalue weighted by Crippen LogP contribution is 2.26. The molecule has 4 nitrogen and oxygen atoms in total. The molecule has 1 N–H and O–H groups in total. The second-order valence-corrected chi connectivity index (χ2v) is 4.91. The van der Waals surface area contributed by atoms with Gasteiger partial charge in [0.05, 0.1) is 11.3 Å². The Hall–Kier alpha value is -1.88. The topological polar surface area (TPSA) is 59.3 Å². The Bertz CT molecular complexity index is 613. The van der Waals surface area contributed by atoms with Gasteiger partial charge in [0.2, 0.25) is 0 Å². The van der Waals surface area contributed by atoms with Gasteiger partial charge in [-0.1, -0.05) is 41.7 Å². The second kappa shape index (κ2) is 5.18. The van der Waals surface area contributed by atoms with E-state index >= 15 is 0 Å². The summed E-state index contributed by atoms with van der Waals surface area (Å²) in [5.41, 5.74) is 1.82. The van der Waals surface area contributed by atoms with Crippen molar-refractivity contribution in [3.8, 4) is 10.4 Å². The van der Waals surface area contributed by atoms with E-state index in [9.17, 15) is 9.59 Å². The molecule has 18 heavy (non-hydrogen) atoms. The molecule has 0 spiro atoms. The average Bonchev–Trinajstić information content (AvgIpc) is 2.63. The molecule has 94 valence electrons. The number of hydrogen-bond donors (Lipinski definition) is 1. The maximum absolute atomic E-state index is 11.8. The molecule has 2 aromatic rings. The van der Waals surface area contributed by atoms with Gasteiger partial charge in [0, 0.05) is 12.2 Å². The van der Waals surface area contributed by atoms with Gasteiger partial charge in [0.1, 0.15) is 0 Å². The normalized spacial score (nSPS) is 10.5. The van der Waals surface area contributed by atoms with Gasteiger partial charge in [-0.25, -0.2) is 0 Å². The van der Waals surface area contributed by atoms with E-state index in [1.54, 1.807) is 0 Å². The molecule has 1 aromatic heterocycles. The van der Waals surface area contributed by atoms with E-state index < -0.39 is 5.97 Å². The van der Waals surface area contributed by atoms with E-state index in [1.165, 1.54) is 4.57 Å². The summed E-state index contributed by atoms with van der Waals surface area (Å²) in [4.78, 5) is 23.2. The van der Waals surface area contributed by atoms with Crippen LogP contribution in [0.25, 0.3) is 10.4 Å². The van der Waals surface area contributed by atoms with Crippen LogP contribution in [0.15, 0.2) is 35.1 Å². The summed E-state index contributed by atoms with van der Waals surface area (Å²) in [6, 6.07) is 9.64. The Kier molecular flexibility index (Phi) is 3.62. The van der Waals surface area contributed by atoms with E-state index in [1.807, 2.05) is 37.3 Å². The third-order valence-corrected chi connectivity index (χ3v) is 3.86. The predicted octanol–water partition coefficient (Wildman–Crippen LogP) is 2.36. The Morgan fingerprint density at radius 2 is 2.00 bits per heavy atom. The molecular formula is C13H13NO3S. The molecule has 2 rings (SSSR count). The summed E-state index contributed by atoms with van der Waals surface area (Å²) in [6.45, 7) is 2.07. The van der Waals surface area contributed by atoms with Crippen LogP contribution in [0.2, 0.25) is 0 Å². The Morgan fingerprint density at radius 1 is 1.33 bits per heavy atom. The fourth-order valence-electron chi connectivity index (χ4n) is 1.80. The maximum Gasteiger partial charge on any atom is 0.307 e. The predicted molar refractivity (Wildman–Crippen MR) is 71.0 cm³/mol. The lowest BCUT2D eigenvalue weighted by Crippen LogP contribution is -2.16. The molecule has 5 heteroatoms. The van der Waals surface area contributed by atoms with Crippen molar-refractivity contribution in [3.05, 3.63) is 45.7 Å². The number of carbonyl (C=O) groups is 1. The van der Waals surface area contributed by atoms with Crippen molar-refractivity contribution in [2.45, 2.75) is 19.9 Å². The molecule has 0 atom stereocenters. The molecule has 0 amide bonds. The summed E-state index contributed by atoms with van der Waals surface area (Å²) in [6.07, 6.45) is -0.0360. The van der Waals surface area contributed by atoms with Crippen molar-refractivity contribution >= 4 is 17.3 Å². The van der Waals surface area contributed by atoms with Crippen molar-refractivity contribution in [1.29, 1.82) is 0 Å². The number of carboxylic acid groups (broad SMARTS) is 1. The first-order valence-corrected chi connectivity index (χ1v) is 6.38. The molecule has 0 bridgehead atoms. The number of aromatic nitrogens is 1. The van der Waals surface area contributed by atoms with Crippen LogP contribution in [0, 0.1) is 6.92 Å². The third-order valence-electron chi connectivity index (χ3n) is 2.73. The van der Waals surface area contributed by atoms with E-state index in [0.717, 1.165) is 27.5 Å². The summed E-state index contributed by atoms with van der Waals surface area (Å²) in [7, 11) is 0. The van der Waals surface area contributed by atoms with E-state index in [4.69, 9.17) is 5.11 Å². The van der Waals surface area contributed by atoms with Crippen LogP contribution in [0.3, 0.4) is 0 Å². The number of thiazole rings is 1. The highest BCUT2D eigenvalue weighted by Gasteiger charge is 2.13. The quantitative estimate of drug-likeness (QED) is 0.921. The zero-order chi connectivity index (χ0) is 13.1. The van der Waals surface area contributed by atoms with Crippen LogP contribution in [-0.4, -0.2) is 15.6 Å². The van der Waals surface area contributed by atoms with Crippen LogP contribution >= 0.6 is 11.3 Å². The molecule has 1 aromatic carbocycles. The lowest BCUT2D eigenvalue weighted by molar-refractivity contribution is -0.137. The number of nitrogens with zero attached hydrogens (tertiary/aromatic N) is 1. The monoisotopic (exact) mass is 263 g/mol. The van der Waals surface area contributed by atoms with Gasteiger partial charge in [-0.15, -0.1) is 0 Å². The van der Waals surface area contributed by atoms with Gasteiger partial charge in [0.15, 0.2) is 0 Å². The van der Waals surface area contributed by atoms with Crippen molar-refractivity contribution in [3.63, 3.8) is 0 Å². The lowest BCUT2D eigenvalue weighted by Gasteiger charge is -2.03. The molecule has 0 radical (unpaired) electrons. The van der Waals surface area contributed by atoms with Gasteiger partial charge in [-0.2, -0.15) is 0 Å². The molecule has 0 fully saturated rings. The van der Waals surface area contributed by atoms with E-state index in [0.29, 0.717) is 0 Å². The van der Waals surface area contributed by atoms with Gasteiger partial charge < -0.3 is 9.67 Å². The number of carboxylic acids is 1. The van der Waals surface area contributed by atoms with Crippen LogP contribution < -0.4 is 4.87 Å². The third kappa shape index (κ3) is 2.51. The highest BCUT2D eigenvalue weighted by atomic mass is 32.1. The molecular weight excluding hydrogens is 250 g/mol. The van der Waals surface area contributed by atoms with Gasteiger partial charge in [-0.3, -0.25) is 9.59 Å². The SMILES string of the molecule is Cc1c(-c2ccccc2)sc(=O)n1CCC(=O)O. The Morgan fingerprint density at radius 3 is 2.61 bits per heavy atom. The minimum Gasteiger partial charge on any atom is -0.481 e. The highest BCUT2D eigenvalue weighted by molar-refractivity contribution is 7.13. The van der Waals surface area contributed by atoms with Gasteiger partial charge in [-0.05, 0) is 12.5 Å². The largest absolute Gasteiger partial charge is 0.481 e. The van der Waals surface area contributed by atoms with Crippen LogP contribution in [0.1, 0.15) is 12.1 Å². The van der Waals surface area contributed by atoms with Crippen molar-refractivity contribution in [2.75, 3.05) is 0 Å². The van der Waals surface area contributed by atoms with Gasteiger partial charge >= 0.3 is 10.8 Å². The fraction of sp³-hybridized carbons (Fsp3) is 0.231. The minimum absolute atomic E-state index is 0.0360. The molecule has 0 unspecified atom stereocenters. The minimum atomic E-state index is -0.895. The Balaban J connectivity index is 2.38. The first-order valence-electron chi connectivity index (χ1n) is 5.57. The standard InChI is InChI=1S/C13H13NO3S/c1-9-12(10-5-3-2-4-6-10)18-13(17)14(9)8-7-11(15)16/h2-6H,7-8H2,1H3,(H,15,16). The fourth-order valence-corrected chi connectivity index (χ4v) is 2.82. The van der Waals surface area contributed by atoms with E-state index in [-0.39, 0.29) is 17.8 Å². The molecule has 0 aliphatic carbocycles. The summed E-state index contributed by atoms with van der Waals surface area (Å²) in [5.74, 6) is -0.895. The molecule has 0 saturated carbocycles. The lowest BCUT2D eigenvalue weighted by atomic mass is 10.1. The molecule has 0 saturated heterocycles. The molecule has 1 heterocycles. The van der Waals surface area contributed by atoms with Crippen molar-refractivity contribution in [2.24, 2.45) is 0 Å². The van der Waals surface area contributed by atoms with Gasteiger partial charge in [0.25, 0.3) is 0 Å². The second-order valence-electron chi connectivity index (χ2n) is 3.94. The number of benzene rings is 1. The maximum atomic E-state index is 11.8. The molecule has 0 aliphatic rings. The number of rotatable bonds is 4. The zero-order valence-electron chi connectivity index (χ0n) is 9.92. The molecule has 0 aliphatic heterocycles. The zero-order valence-corrected chi connectivity index (χ0v) is 10.7. The first kappa shape index (κ1) is 12.6. The van der Waals surface area contributed by atoms with Crippen molar-refractivity contribution < 1.29 is 9.90 Å². The summed E-state index contributed by atoms with van der Waals surface area (Å²) in [5, 5.41) is 8.67. The number of aliphatic carboxylic acids is 1. The van der Waals surface area contributed by atoms with Crippen LogP contribution in [0.5, 0.6) is 0 Å².